The normalized spacial score (nSPS) is 9.50. The van der Waals surface area contributed by atoms with E-state index in [1.807, 2.05) is 0 Å². The maximum atomic E-state index is 10.5. The van der Waals surface area contributed by atoms with Crippen LogP contribution in [-0.4, -0.2) is 0 Å². The van der Waals surface area contributed by atoms with E-state index in [0.29, 0.717) is 6.33 Å². The molecule has 0 bridgehead atoms. The first-order valence-electron chi connectivity index (χ1n) is 1.13. The lowest BCUT2D eigenvalue weighted by Crippen LogP contribution is -1.22. The molecule has 0 aliphatic carbocycles. The van der Waals surface area contributed by atoms with E-state index in [1.54, 1.807) is 6.92 Å². The molecule has 0 aromatic carbocycles. The highest BCUT2D eigenvalue weighted by Crippen LogP contribution is 1.62. The molecule has 0 saturated heterocycles. The van der Waals surface area contributed by atoms with Crippen LogP contribution in [0.1, 0.15) is 6.92 Å². The van der Waals surface area contributed by atoms with Crippen LogP contribution in [0.4, 0.5) is 4.39 Å². The predicted octanol–water partition coefficient (Wildman–Crippen LogP) is 1.49. The van der Waals surface area contributed by atoms with Gasteiger partial charge in [-0.05, 0) is 6.92 Å². The van der Waals surface area contributed by atoms with E-state index in [0.717, 1.165) is 0 Å². The number of hydrogen-bond donors (Lipinski definition) is 0. The minimum Gasteiger partial charge on any atom is -0.216 e. The molecule has 0 saturated carbocycles. The van der Waals surface area contributed by atoms with Gasteiger partial charge in [-0.25, -0.2) is 4.39 Å². The third-order valence-electron chi connectivity index (χ3n) is 0.126. The third-order valence-corrected chi connectivity index (χ3v) is 0.126. The topological polar surface area (TPSA) is 0 Å². The highest BCUT2D eigenvalue weighted by Gasteiger charge is 1.38. The molecule has 24 valence electrons. The van der Waals surface area contributed by atoms with Crippen molar-refractivity contribution in [2.24, 2.45) is 0 Å². The first-order valence-corrected chi connectivity index (χ1v) is 1.13. The van der Waals surface area contributed by atoms with Crippen molar-refractivity contribution in [3.63, 3.8) is 0 Å². The van der Waals surface area contributed by atoms with Crippen LogP contribution in [0.3, 0.4) is 0 Å². The van der Waals surface area contributed by atoms with Gasteiger partial charge < -0.3 is 0 Å². The van der Waals surface area contributed by atoms with E-state index in [4.69, 9.17) is 0 Å². The van der Waals surface area contributed by atoms with Crippen molar-refractivity contribution >= 4 is 0 Å². The Labute approximate surface area is 24.9 Å². The zero-order chi connectivity index (χ0) is 3.41. The molecule has 0 nitrogen and oxygen atoms in total. The molecule has 0 amide bonds. The molecule has 0 fully saturated rings. The molecule has 0 radical (unpaired) electrons. The summed E-state index contributed by atoms with van der Waals surface area (Å²) in [4.78, 5) is 0. The highest BCUT2D eigenvalue weighted by atomic mass is 19.2. The van der Waals surface area contributed by atoms with Gasteiger partial charge in [-0.2, -0.15) is 0 Å². The van der Waals surface area contributed by atoms with Gasteiger partial charge in [0.15, 0.2) is 0 Å². The molecule has 0 aromatic heterocycles. The fourth-order valence-corrected chi connectivity index (χ4v) is 0. The first kappa shape index (κ1) is 3.67. The van der Waals surface area contributed by atoms with Crippen LogP contribution < -0.4 is 0 Å². The Morgan fingerprint density at radius 3 is 2.00 bits per heavy atom. The maximum absolute atomic E-state index is 10.5. The Bertz CT molecular complexity index is 18.5. The summed E-state index contributed by atoms with van der Waals surface area (Å²) in [5, 5.41) is 0. The molecule has 0 N–H and O–H groups in total. The number of hydrogen-bond acceptors (Lipinski definition) is 0. The van der Waals surface area contributed by atoms with Crippen molar-refractivity contribution < 1.29 is 4.39 Å². The van der Waals surface area contributed by atoms with Gasteiger partial charge in [-0.1, -0.05) is 6.08 Å². The number of rotatable bonds is 0. The lowest BCUT2D eigenvalue weighted by Gasteiger charge is -1.45. The number of halogens is 1. The molecule has 0 aliphatic heterocycles. The van der Waals surface area contributed by atoms with E-state index in [9.17, 15) is 4.39 Å². The average molecular weight is 63.0 g/mol. The van der Waals surface area contributed by atoms with Crippen LogP contribution in [0.5, 0.6) is 0 Å². The van der Waals surface area contributed by atoms with Gasteiger partial charge in [0.25, 0.3) is 0 Å². The zero-order valence-corrected chi connectivity index (χ0v) is 2.53. The van der Waals surface area contributed by atoms with Gasteiger partial charge in [0.1, 0.15) is 0 Å². The first-order chi connectivity index (χ1) is 1.91. The Hall–Kier alpha value is -0.330. The fraction of sp³-hybridized carbons (Fsp3) is 0.333. The standard InChI is InChI=1S/C3H5F/c1-2-3-4/h2-3H,1H3/b3-2+/i1+1,2+1,3+1. The SMILES string of the molecule is [13CH3]/[13CH]=[13CH]/F. The fourth-order valence-electron chi connectivity index (χ4n) is 0. The average Bonchev–Trinajstić information content (AvgIpc) is 1.37. The Balaban J connectivity index is 2.55. The van der Waals surface area contributed by atoms with Crippen LogP contribution in [0.15, 0.2) is 12.4 Å². The summed E-state index contributed by atoms with van der Waals surface area (Å²) in [6.45, 7) is 1.62. The van der Waals surface area contributed by atoms with Gasteiger partial charge in [0.2, 0.25) is 0 Å². The molecular weight excluding hydrogens is 58.0 g/mol. The molecule has 0 rings (SSSR count). The lowest BCUT2D eigenvalue weighted by molar-refractivity contribution is 0.719. The van der Waals surface area contributed by atoms with Crippen molar-refractivity contribution in [2.45, 2.75) is 6.92 Å². The van der Waals surface area contributed by atoms with Crippen LogP contribution in [0.25, 0.3) is 0 Å². The number of allylic oxidation sites excluding steroid dienone is 1. The smallest absolute Gasteiger partial charge is 0.0824 e. The van der Waals surface area contributed by atoms with Crippen molar-refractivity contribution in [3.8, 4) is 0 Å². The van der Waals surface area contributed by atoms with Crippen molar-refractivity contribution in [2.75, 3.05) is 0 Å². The molecule has 1 heteroatoms. The van der Waals surface area contributed by atoms with E-state index in [2.05, 4.69) is 0 Å². The maximum Gasteiger partial charge on any atom is 0.0824 e. The molecule has 0 heterocycles. The Morgan fingerprint density at radius 1 is 1.75 bits per heavy atom. The van der Waals surface area contributed by atoms with Crippen LogP contribution >= 0.6 is 0 Å². The summed E-state index contributed by atoms with van der Waals surface area (Å²) in [5.41, 5.74) is 0. The molecule has 0 spiro atoms. The lowest BCUT2D eigenvalue weighted by atomic mass is 11.8. The second-order valence-corrected chi connectivity index (χ2v) is 0.459. The quantitative estimate of drug-likeness (QED) is 0.373. The van der Waals surface area contributed by atoms with Gasteiger partial charge in [0.05, 0.1) is 6.33 Å². The van der Waals surface area contributed by atoms with E-state index < -0.39 is 0 Å². The molecule has 0 unspecified atom stereocenters. The van der Waals surface area contributed by atoms with Gasteiger partial charge in [-0.15, -0.1) is 0 Å². The summed E-state index contributed by atoms with van der Waals surface area (Å²) in [7, 11) is 0. The van der Waals surface area contributed by atoms with E-state index in [1.165, 1.54) is 6.08 Å². The third kappa shape index (κ3) is 1.67. The van der Waals surface area contributed by atoms with Crippen LogP contribution in [0.2, 0.25) is 0 Å². The van der Waals surface area contributed by atoms with Crippen LogP contribution in [0, 0.1) is 0 Å². The zero-order valence-electron chi connectivity index (χ0n) is 2.53. The van der Waals surface area contributed by atoms with E-state index in [-0.39, 0.29) is 0 Å². The molecular formula is C3H5F. The predicted molar refractivity (Wildman–Crippen MR) is 15.9 cm³/mol. The molecule has 0 aromatic rings. The van der Waals surface area contributed by atoms with Crippen molar-refractivity contribution in [1.29, 1.82) is 0 Å². The second kappa shape index (κ2) is 2.67. The minimum atomic E-state index is 0.500. The van der Waals surface area contributed by atoms with Gasteiger partial charge in [-0.3, -0.25) is 0 Å². The molecule has 0 aliphatic rings. The Morgan fingerprint density at radius 2 is 2.00 bits per heavy atom. The summed E-state index contributed by atoms with van der Waals surface area (Å²) in [6.07, 6.45) is 1.83. The summed E-state index contributed by atoms with van der Waals surface area (Å²) in [6, 6.07) is 0. The summed E-state index contributed by atoms with van der Waals surface area (Å²) >= 11 is 0. The summed E-state index contributed by atoms with van der Waals surface area (Å²) in [5.74, 6) is 0. The van der Waals surface area contributed by atoms with E-state index >= 15 is 0 Å². The monoisotopic (exact) mass is 63.0 g/mol. The molecule has 0 atom stereocenters. The summed E-state index contributed by atoms with van der Waals surface area (Å²) < 4.78 is 10.5. The second-order valence-electron chi connectivity index (χ2n) is 0.459. The minimum absolute atomic E-state index is 0.500. The van der Waals surface area contributed by atoms with Gasteiger partial charge in [0, 0.05) is 0 Å². The van der Waals surface area contributed by atoms with Gasteiger partial charge >= 0.3 is 0 Å². The van der Waals surface area contributed by atoms with Crippen LogP contribution in [-0.2, 0) is 0 Å². The van der Waals surface area contributed by atoms with Crippen molar-refractivity contribution in [1.82, 2.24) is 0 Å². The molecule has 4 heavy (non-hydrogen) atoms. The Kier molecular flexibility index (Phi) is 2.45. The largest absolute Gasteiger partial charge is 0.216 e. The van der Waals surface area contributed by atoms with Crippen molar-refractivity contribution in [3.05, 3.63) is 12.4 Å². The highest BCUT2D eigenvalue weighted by molar-refractivity contribution is 4.61.